The average Bonchev–Trinajstić information content (AvgIpc) is 2.47. The lowest BCUT2D eigenvalue weighted by Gasteiger charge is -2.13. The van der Waals surface area contributed by atoms with Crippen LogP contribution in [-0.2, 0) is 16.0 Å². The van der Waals surface area contributed by atoms with E-state index in [0.717, 1.165) is 17.1 Å². The molecule has 1 rings (SSSR count). The second-order valence-corrected chi connectivity index (χ2v) is 4.28. The zero-order chi connectivity index (χ0) is 15.0. The van der Waals surface area contributed by atoms with Gasteiger partial charge >= 0.3 is 0 Å². The lowest BCUT2D eigenvalue weighted by Crippen LogP contribution is -2.44. The first kappa shape index (κ1) is 19.5. The zero-order valence-electron chi connectivity index (χ0n) is 12.5. The number of halogens is 1. The van der Waals surface area contributed by atoms with Crippen molar-refractivity contribution >= 4 is 18.3 Å². The number of rotatable bonds is 8. The Bertz CT molecular complexity index is 443. The largest absolute Gasteiger partial charge is 0.497 e. The van der Waals surface area contributed by atoms with Gasteiger partial charge in [0.15, 0.2) is 0 Å². The molecule has 0 saturated heterocycles. The molecule has 1 amide bonds. The fraction of sp³-hybridized carbons (Fsp3) is 0.500. The maximum absolute atomic E-state index is 11.6. The van der Waals surface area contributed by atoms with Gasteiger partial charge in [0.1, 0.15) is 17.5 Å². The summed E-state index contributed by atoms with van der Waals surface area (Å²) in [6.45, 7) is 0.691. The van der Waals surface area contributed by atoms with Gasteiger partial charge in [-0.15, -0.1) is 12.4 Å². The van der Waals surface area contributed by atoms with Crippen LogP contribution in [0.15, 0.2) is 18.2 Å². The summed E-state index contributed by atoms with van der Waals surface area (Å²) in [6.07, 6.45) is 0.651. The van der Waals surface area contributed by atoms with E-state index >= 15 is 0 Å². The average molecular weight is 319 g/mol. The van der Waals surface area contributed by atoms with Crippen molar-refractivity contribution in [2.75, 3.05) is 34.5 Å². The van der Waals surface area contributed by atoms with Crippen molar-refractivity contribution in [1.29, 1.82) is 0 Å². The molecule has 0 heterocycles. The second kappa shape index (κ2) is 10.3. The van der Waals surface area contributed by atoms with Crippen molar-refractivity contribution in [3.8, 4) is 11.5 Å². The highest BCUT2D eigenvalue weighted by molar-refractivity contribution is 5.85. The minimum Gasteiger partial charge on any atom is -0.497 e. The van der Waals surface area contributed by atoms with Crippen molar-refractivity contribution in [3.05, 3.63) is 23.8 Å². The number of carbonyl (C=O) groups excluding carboxylic acids is 1. The fourth-order valence-corrected chi connectivity index (χ4v) is 1.77. The maximum atomic E-state index is 11.6. The summed E-state index contributed by atoms with van der Waals surface area (Å²) in [5, 5.41) is 2.76. The van der Waals surface area contributed by atoms with Gasteiger partial charge in [-0.3, -0.25) is 4.79 Å². The highest BCUT2D eigenvalue weighted by atomic mass is 35.5. The molecule has 3 N–H and O–H groups in total. The fourth-order valence-electron chi connectivity index (χ4n) is 1.77. The molecule has 21 heavy (non-hydrogen) atoms. The van der Waals surface area contributed by atoms with Crippen molar-refractivity contribution in [2.45, 2.75) is 12.5 Å². The number of benzene rings is 1. The SMILES string of the molecule is COCC(N)C(=O)NCCc1ccc(OC)cc1OC.Cl. The quantitative estimate of drug-likeness (QED) is 0.739. The van der Waals surface area contributed by atoms with Crippen LogP contribution < -0.4 is 20.5 Å². The van der Waals surface area contributed by atoms with Crippen LogP contribution in [0.1, 0.15) is 5.56 Å². The van der Waals surface area contributed by atoms with Crippen molar-refractivity contribution in [3.63, 3.8) is 0 Å². The summed E-state index contributed by atoms with van der Waals surface area (Å²) in [6, 6.07) is 4.95. The predicted octanol–water partition coefficient (Wildman–Crippen LogP) is 0.758. The van der Waals surface area contributed by atoms with Crippen LogP contribution in [0.25, 0.3) is 0 Å². The molecule has 0 aliphatic rings. The molecule has 1 aromatic carbocycles. The standard InChI is InChI=1S/C14H22N2O4.ClH/c1-18-9-12(15)14(17)16-7-6-10-4-5-11(19-2)8-13(10)20-3;/h4-5,8,12H,6-7,9,15H2,1-3H3,(H,16,17);1H. The van der Waals surface area contributed by atoms with Crippen LogP contribution in [0.3, 0.4) is 0 Å². The third-order valence-electron chi connectivity index (χ3n) is 2.87. The Morgan fingerprint density at radius 1 is 1.29 bits per heavy atom. The molecule has 0 aliphatic carbocycles. The van der Waals surface area contributed by atoms with E-state index in [-0.39, 0.29) is 24.9 Å². The number of hydrogen-bond acceptors (Lipinski definition) is 5. The molecule has 1 aromatic rings. The van der Waals surface area contributed by atoms with Gasteiger partial charge in [0.25, 0.3) is 0 Å². The first-order valence-corrected chi connectivity index (χ1v) is 6.35. The molecule has 0 bridgehead atoms. The number of amides is 1. The number of nitrogens with two attached hydrogens (primary N) is 1. The van der Waals surface area contributed by atoms with E-state index < -0.39 is 6.04 Å². The van der Waals surface area contributed by atoms with Crippen LogP contribution in [0.4, 0.5) is 0 Å². The summed E-state index contributed by atoms with van der Waals surface area (Å²) in [5.41, 5.74) is 6.62. The first-order chi connectivity index (χ1) is 9.62. The van der Waals surface area contributed by atoms with E-state index in [0.29, 0.717) is 13.0 Å². The molecule has 0 aliphatic heterocycles. The number of hydrogen-bond donors (Lipinski definition) is 2. The highest BCUT2D eigenvalue weighted by Gasteiger charge is 2.12. The van der Waals surface area contributed by atoms with Gasteiger partial charge in [-0.05, 0) is 18.1 Å². The van der Waals surface area contributed by atoms with Gasteiger partial charge in [-0.2, -0.15) is 0 Å². The van der Waals surface area contributed by atoms with Crippen molar-refractivity contribution < 1.29 is 19.0 Å². The minimum atomic E-state index is -0.641. The molecule has 0 aromatic heterocycles. The molecule has 120 valence electrons. The molecule has 1 atom stereocenters. The van der Waals surface area contributed by atoms with E-state index in [4.69, 9.17) is 19.9 Å². The van der Waals surface area contributed by atoms with E-state index in [1.165, 1.54) is 7.11 Å². The van der Waals surface area contributed by atoms with Crippen LogP contribution in [0.2, 0.25) is 0 Å². The molecule has 6 nitrogen and oxygen atoms in total. The van der Waals surface area contributed by atoms with Crippen LogP contribution >= 0.6 is 12.4 Å². The van der Waals surface area contributed by atoms with Gasteiger partial charge < -0.3 is 25.3 Å². The number of nitrogens with one attached hydrogen (secondary N) is 1. The zero-order valence-corrected chi connectivity index (χ0v) is 13.4. The van der Waals surface area contributed by atoms with E-state index in [9.17, 15) is 4.79 Å². The molecular formula is C14H23ClN2O4. The molecule has 1 unspecified atom stereocenters. The van der Waals surface area contributed by atoms with Crippen LogP contribution in [0, 0.1) is 0 Å². The predicted molar refractivity (Wildman–Crippen MR) is 83.4 cm³/mol. The third kappa shape index (κ3) is 6.20. The number of ether oxygens (including phenoxy) is 3. The highest BCUT2D eigenvalue weighted by Crippen LogP contribution is 2.24. The van der Waals surface area contributed by atoms with Gasteiger partial charge in [-0.25, -0.2) is 0 Å². The number of methoxy groups -OCH3 is 3. The Morgan fingerprint density at radius 3 is 2.57 bits per heavy atom. The Hall–Kier alpha value is -1.50. The van der Waals surface area contributed by atoms with Gasteiger partial charge in [-0.1, -0.05) is 6.07 Å². The van der Waals surface area contributed by atoms with Crippen molar-refractivity contribution in [2.24, 2.45) is 5.73 Å². The van der Waals surface area contributed by atoms with Crippen LogP contribution in [-0.4, -0.2) is 46.4 Å². The summed E-state index contributed by atoms with van der Waals surface area (Å²) < 4.78 is 15.3. The summed E-state index contributed by atoms with van der Waals surface area (Å²) in [5.74, 6) is 1.25. The molecular weight excluding hydrogens is 296 g/mol. The van der Waals surface area contributed by atoms with Crippen LogP contribution in [0.5, 0.6) is 11.5 Å². The Balaban J connectivity index is 0.00000400. The Morgan fingerprint density at radius 2 is 2.00 bits per heavy atom. The van der Waals surface area contributed by atoms with E-state index in [1.807, 2.05) is 18.2 Å². The maximum Gasteiger partial charge on any atom is 0.239 e. The topological polar surface area (TPSA) is 82.8 Å². The summed E-state index contributed by atoms with van der Waals surface area (Å²) in [7, 11) is 4.71. The third-order valence-corrected chi connectivity index (χ3v) is 2.87. The first-order valence-electron chi connectivity index (χ1n) is 6.35. The second-order valence-electron chi connectivity index (χ2n) is 4.28. The van der Waals surface area contributed by atoms with Gasteiger partial charge in [0.05, 0.1) is 20.8 Å². The molecule has 7 heteroatoms. The lowest BCUT2D eigenvalue weighted by atomic mass is 10.1. The minimum absolute atomic E-state index is 0. The van der Waals surface area contributed by atoms with E-state index in [1.54, 1.807) is 14.2 Å². The Kier molecular flexibility index (Phi) is 9.53. The van der Waals surface area contributed by atoms with Crippen molar-refractivity contribution in [1.82, 2.24) is 5.32 Å². The van der Waals surface area contributed by atoms with Gasteiger partial charge in [0, 0.05) is 19.7 Å². The smallest absolute Gasteiger partial charge is 0.239 e. The molecule has 0 fully saturated rings. The lowest BCUT2D eigenvalue weighted by molar-refractivity contribution is -0.123. The van der Waals surface area contributed by atoms with E-state index in [2.05, 4.69) is 5.32 Å². The molecule has 0 saturated carbocycles. The summed E-state index contributed by atoms with van der Waals surface area (Å²) in [4.78, 5) is 11.6. The number of carbonyl (C=O) groups is 1. The molecule has 0 spiro atoms. The summed E-state index contributed by atoms with van der Waals surface area (Å²) >= 11 is 0. The molecule has 0 radical (unpaired) electrons. The van der Waals surface area contributed by atoms with Gasteiger partial charge in [0.2, 0.25) is 5.91 Å². The Labute approximate surface area is 131 Å². The normalized spacial score (nSPS) is 11.2. The monoisotopic (exact) mass is 318 g/mol.